The van der Waals surface area contributed by atoms with Crippen LogP contribution in [-0.4, -0.2) is 24.7 Å². The first-order chi connectivity index (χ1) is 7.29. The molecule has 0 bridgehead atoms. The van der Waals surface area contributed by atoms with Gasteiger partial charge < -0.3 is 15.8 Å². The second-order valence-corrected chi connectivity index (χ2v) is 3.97. The normalized spacial score (nSPS) is 17.2. The highest BCUT2D eigenvalue weighted by Gasteiger charge is 2.27. The first-order valence-electron chi connectivity index (χ1n) is 5.29. The predicted octanol–water partition coefficient (Wildman–Crippen LogP) is 1.24. The third-order valence-corrected chi connectivity index (χ3v) is 2.71. The van der Waals surface area contributed by atoms with Crippen LogP contribution in [0.5, 0.6) is 5.88 Å². The van der Waals surface area contributed by atoms with Crippen molar-refractivity contribution in [1.82, 2.24) is 4.98 Å². The van der Waals surface area contributed by atoms with Crippen molar-refractivity contribution in [3.8, 4) is 5.88 Å². The number of nitrogens with zero attached hydrogens (tertiary/aromatic N) is 1. The van der Waals surface area contributed by atoms with E-state index in [0.717, 1.165) is 18.2 Å². The molecule has 1 aromatic rings. The highest BCUT2D eigenvalue weighted by atomic mass is 16.5. The zero-order valence-corrected chi connectivity index (χ0v) is 8.94. The molecule has 0 amide bonds. The number of hydrogen-bond acceptors (Lipinski definition) is 4. The van der Waals surface area contributed by atoms with Crippen LogP contribution in [-0.2, 0) is 0 Å². The molecule has 4 nitrogen and oxygen atoms in total. The van der Waals surface area contributed by atoms with Crippen LogP contribution in [0, 0.1) is 5.92 Å². The van der Waals surface area contributed by atoms with Gasteiger partial charge in [-0.25, -0.2) is 4.98 Å². The van der Waals surface area contributed by atoms with E-state index in [1.54, 1.807) is 13.3 Å². The second-order valence-electron chi connectivity index (χ2n) is 3.97. The van der Waals surface area contributed by atoms with Gasteiger partial charge in [0.05, 0.1) is 7.11 Å². The van der Waals surface area contributed by atoms with Crippen LogP contribution in [0.25, 0.3) is 0 Å². The van der Waals surface area contributed by atoms with E-state index in [2.05, 4.69) is 10.3 Å². The zero-order chi connectivity index (χ0) is 10.7. The lowest BCUT2D eigenvalue weighted by Crippen LogP contribution is -2.31. The van der Waals surface area contributed by atoms with Crippen LogP contribution in [0.2, 0.25) is 0 Å². The van der Waals surface area contributed by atoms with Gasteiger partial charge in [0.25, 0.3) is 0 Å². The number of ether oxygens (including phenoxy) is 1. The van der Waals surface area contributed by atoms with Gasteiger partial charge in [0.2, 0.25) is 5.88 Å². The summed E-state index contributed by atoms with van der Waals surface area (Å²) in [5.41, 5.74) is 7.00. The Labute approximate surface area is 89.8 Å². The molecule has 1 saturated carbocycles. The van der Waals surface area contributed by atoms with Crippen LogP contribution in [0.15, 0.2) is 18.3 Å². The number of methoxy groups -OCH3 is 1. The number of hydrogen-bond donors (Lipinski definition) is 2. The molecule has 1 atom stereocenters. The molecule has 82 valence electrons. The van der Waals surface area contributed by atoms with Gasteiger partial charge in [-0.2, -0.15) is 0 Å². The van der Waals surface area contributed by atoms with E-state index in [-0.39, 0.29) is 6.04 Å². The molecule has 1 fully saturated rings. The fourth-order valence-corrected chi connectivity index (χ4v) is 1.56. The molecule has 1 aromatic heterocycles. The fraction of sp³-hybridized carbons (Fsp3) is 0.545. The van der Waals surface area contributed by atoms with Gasteiger partial charge in [-0.3, -0.25) is 0 Å². The molecule has 0 saturated heterocycles. The number of pyridine rings is 1. The standard InChI is InChI=1S/C11H17N3O/c1-15-11-6-9(4-5-13-11)14-7-10(12)8-2-3-8/h4-6,8,10H,2-3,7,12H2,1H3,(H,13,14). The van der Waals surface area contributed by atoms with Gasteiger partial charge in [-0.15, -0.1) is 0 Å². The van der Waals surface area contributed by atoms with E-state index in [1.165, 1.54) is 12.8 Å². The van der Waals surface area contributed by atoms with Gasteiger partial charge in [-0.05, 0) is 24.8 Å². The van der Waals surface area contributed by atoms with Gasteiger partial charge in [0, 0.05) is 30.5 Å². The summed E-state index contributed by atoms with van der Waals surface area (Å²) in [6.45, 7) is 0.817. The maximum atomic E-state index is 5.99. The number of nitrogens with one attached hydrogen (secondary N) is 1. The Hall–Kier alpha value is -1.29. The largest absolute Gasteiger partial charge is 0.481 e. The van der Waals surface area contributed by atoms with E-state index < -0.39 is 0 Å². The zero-order valence-electron chi connectivity index (χ0n) is 8.94. The summed E-state index contributed by atoms with van der Waals surface area (Å²) in [4.78, 5) is 4.04. The molecule has 0 aromatic carbocycles. The van der Waals surface area contributed by atoms with E-state index in [0.29, 0.717) is 5.88 Å². The first-order valence-corrected chi connectivity index (χ1v) is 5.29. The van der Waals surface area contributed by atoms with E-state index in [9.17, 15) is 0 Å². The van der Waals surface area contributed by atoms with Crippen molar-refractivity contribution in [1.29, 1.82) is 0 Å². The maximum Gasteiger partial charge on any atom is 0.214 e. The summed E-state index contributed by atoms with van der Waals surface area (Å²) in [5, 5.41) is 3.30. The number of nitrogens with two attached hydrogens (primary N) is 1. The molecule has 1 unspecified atom stereocenters. The molecule has 3 N–H and O–H groups in total. The Morgan fingerprint density at radius 2 is 2.47 bits per heavy atom. The van der Waals surface area contributed by atoms with Crippen molar-refractivity contribution in [2.24, 2.45) is 11.7 Å². The molecule has 1 aliphatic carbocycles. The minimum absolute atomic E-state index is 0.268. The van der Waals surface area contributed by atoms with Gasteiger partial charge in [0.1, 0.15) is 0 Å². The molecule has 2 rings (SSSR count). The third kappa shape index (κ3) is 2.83. The van der Waals surface area contributed by atoms with Crippen molar-refractivity contribution in [2.75, 3.05) is 19.0 Å². The summed E-state index contributed by atoms with van der Waals surface area (Å²) in [6, 6.07) is 4.06. The SMILES string of the molecule is COc1cc(NCC(N)C2CC2)ccn1. The molecular weight excluding hydrogens is 190 g/mol. The van der Waals surface area contributed by atoms with Crippen LogP contribution in [0.1, 0.15) is 12.8 Å². The Balaban J connectivity index is 1.86. The molecule has 0 spiro atoms. The number of rotatable bonds is 5. The van der Waals surface area contributed by atoms with Crippen molar-refractivity contribution >= 4 is 5.69 Å². The van der Waals surface area contributed by atoms with E-state index in [1.807, 2.05) is 12.1 Å². The van der Waals surface area contributed by atoms with Crippen LogP contribution < -0.4 is 15.8 Å². The van der Waals surface area contributed by atoms with Gasteiger partial charge >= 0.3 is 0 Å². The Morgan fingerprint density at radius 3 is 3.13 bits per heavy atom. The summed E-state index contributed by atoms with van der Waals surface area (Å²) in [5.74, 6) is 1.35. The van der Waals surface area contributed by atoms with Gasteiger partial charge in [0.15, 0.2) is 0 Å². The highest BCUT2D eigenvalue weighted by Crippen LogP contribution is 2.31. The molecule has 15 heavy (non-hydrogen) atoms. The number of aromatic nitrogens is 1. The van der Waals surface area contributed by atoms with E-state index >= 15 is 0 Å². The molecule has 1 aliphatic rings. The molecule has 0 aliphatic heterocycles. The maximum absolute atomic E-state index is 5.99. The van der Waals surface area contributed by atoms with Crippen LogP contribution in [0.3, 0.4) is 0 Å². The smallest absolute Gasteiger partial charge is 0.214 e. The van der Waals surface area contributed by atoms with Crippen molar-refractivity contribution < 1.29 is 4.74 Å². The molecular formula is C11H17N3O. The second kappa shape index (κ2) is 4.49. The van der Waals surface area contributed by atoms with Crippen molar-refractivity contribution in [3.05, 3.63) is 18.3 Å². The monoisotopic (exact) mass is 207 g/mol. The molecule has 0 radical (unpaired) electrons. The van der Waals surface area contributed by atoms with Crippen molar-refractivity contribution in [2.45, 2.75) is 18.9 Å². The predicted molar refractivity (Wildman–Crippen MR) is 60.0 cm³/mol. The molecule has 1 heterocycles. The summed E-state index contributed by atoms with van der Waals surface area (Å²) in [7, 11) is 1.61. The minimum Gasteiger partial charge on any atom is -0.481 e. The average Bonchev–Trinajstić information content (AvgIpc) is 3.10. The van der Waals surface area contributed by atoms with E-state index in [4.69, 9.17) is 10.5 Å². The Morgan fingerprint density at radius 1 is 1.67 bits per heavy atom. The Kier molecular flexibility index (Phi) is 3.06. The quantitative estimate of drug-likeness (QED) is 0.762. The minimum atomic E-state index is 0.268. The van der Waals surface area contributed by atoms with Crippen molar-refractivity contribution in [3.63, 3.8) is 0 Å². The lowest BCUT2D eigenvalue weighted by Gasteiger charge is -2.12. The lowest BCUT2D eigenvalue weighted by atomic mass is 10.2. The highest BCUT2D eigenvalue weighted by molar-refractivity contribution is 5.45. The Bertz CT molecular complexity index is 325. The van der Waals surface area contributed by atoms with Gasteiger partial charge in [-0.1, -0.05) is 0 Å². The molecule has 4 heteroatoms. The van der Waals surface area contributed by atoms with Crippen LogP contribution >= 0.6 is 0 Å². The topological polar surface area (TPSA) is 60.2 Å². The number of anilines is 1. The summed E-state index contributed by atoms with van der Waals surface area (Å²) >= 11 is 0. The lowest BCUT2D eigenvalue weighted by molar-refractivity contribution is 0.398. The summed E-state index contributed by atoms with van der Waals surface area (Å²) < 4.78 is 5.04. The fourth-order valence-electron chi connectivity index (χ4n) is 1.56. The summed E-state index contributed by atoms with van der Waals surface area (Å²) in [6.07, 6.45) is 4.29. The average molecular weight is 207 g/mol. The third-order valence-electron chi connectivity index (χ3n) is 2.71. The first kappa shape index (κ1) is 10.2. The van der Waals surface area contributed by atoms with Crippen LogP contribution in [0.4, 0.5) is 5.69 Å².